The number of nitrogens with zero attached hydrogens (tertiary/aromatic N) is 1. The first-order chi connectivity index (χ1) is 9.15. The summed E-state index contributed by atoms with van der Waals surface area (Å²) in [5.74, 6) is -1.02. The molecule has 0 heterocycles. The summed E-state index contributed by atoms with van der Waals surface area (Å²) in [6.07, 6.45) is 0. The fraction of sp³-hybridized carbons (Fsp3) is 0.133. The van der Waals surface area contributed by atoms with Crippen LogP contribution in [0.3, 0.4) is 0 Å². The van der Waals surface area contributed by atoms with Gasteiger partial charge >= 0.3 is 0 Å². The van der Waals surface area contributed by atoms with Crippen LogP contribution < -0.4 is 4.74 Å². The van der Waals surface area contributed by atoms with Crippen LogP contribution in [-0.2, 0) is 0 Å². The minimum Gasteiger partial charge on any atom is -0.494 e. The van der Waals surface area contributed by atoms with E-state index in [2.05, 4.69) is 0 Å². The molecule has 2 nitrogen and oxygen atoms in total. The van der Waals surface area contributed by atoms with E-state index in [1.54, 1.807) is 24.3 Å². The Morgan fingerprint density at radius 1 is 1.05 bits per heavy atom. The van der Waals surface area contributed by atoms with Crippen molar-refractivity contribution in [2.45, 2.75) is 6.92 Å². The third-order valence-corrected chi connectivity index (χ3v) is 2.65. The summed E-state index contributed by atoms with van der Waals surface area (Å²) < 4.78 is 32.3. The highest BCUT2D eigenvalue weighted by Gasteiger charge is 2.11. The molecule has 4 heteroatoms. The van der Waals surface area contributed by atoms with E-state index in [9.17, 15) is 8.78 Å². The summed E-state index contributed by atoms with van der Waals surface area (Å²) >= 11 is 0. The average molecular weight is 259 g/mol. The second-order valence-corrected chi connectivity index (χ2v) is 3.88. The zero-order chi connectivity index (χ0) is 13.8. The van der Waals surface area contributed by atoms with Gasteiger partial charge in [-0.3, -0.25) is 0 Å². The smallest absolute Gasteiger partial charge is 0.144 e. The Labute approximate surface area is 109 Å². The molecule has 0 saturated carbocycles. The van der Waals surface area contributed by atoms with E-state index in [0.29, 0.717) is 23.5 Å². The second-order valence-electron chi connectivity index (χ2n) is 3.88. The maximum atomic E-state index is 13.5. The van der Waals surface area contributed by atoms with Crippen molar-refractivity contribution in [2.75, 3.05) is 6.61 Å². The lowest BCUT2D eigenvalue weighted by Crippen LogP contribution is -1.93. The van der Waals surface area contributed by atoms with Crippen molar-refractivity contribution in [3.63, 3.8) is 0 Å². The Balaban J connectivity index is 2.40. The molecule has 0 amide bonds. The molecule has 0 fully saturated rings. The van der Waals surface area contributed by atoms with E-state index in [1.807, 2.05) is 6.92 Å². The van der Waals surface area contributed by atoms with E-state index in [-0.39, 0.29) is 0 Å². The van der Waals surface area contributed by atoms with Gasteiger partial charge in [-0.25, -0.2) is 8.78 Å². The van der Waals surface area contributed by atoms with Gasteiger partial charge in [0.1, 0.15) is 29.0 Å². The van der Waals surface area contributed by atoms with Gasteiger partial charge in [0.25, 0.3) is 0 Å². The summed E-state index contributed by atoms with van der Waals surface area (Å²) in [6, 6.07) is 10.7. The topological polar surface area (TPSA) is 33.0 Å². The molecule has 2 aromatic rings. The molecule has 0 spiro atoms. The van der Waals surface area contributed by atoms with Crippen LogP contribution in [0.1, 0.15) is 12.5 Å². The van der Waals surface area contributed by atoms with Gasteiger partial charge in [0.05, 0.1) is 6.61 Å². The summed E-state index contributed by atoms with van der Waals surface area (Å²) in [7, 11) is 0. The number of hydrogen-bond donors (Lipinski definition) is 0. The van der Waals surface area contributed by atoms with E-state index < -0.39 is 17.2 Å². The predicted octanol–water partition coefficient (Wildman–Crippen LogP) is 3.90. The third kappa shape index (κ3) is 2.71. The van der Waals surface area contributed by atoms with Crippen LogP contribution in [0.4, 0.5) is 8.78 Å². The van der Waals surface area contributed by atoms with E-state index in [0.717, 1.165) is 12.1 Å². The number of nitriles is 1. The summed E-state index contributed by atoms with van der Waals surface area (Å²) in [6.45, 7) is 2.43. The number of rotatable bonds is 3. The number of ether oxygens (including phenoxy) is 1. The maximum Gasteiger partial charge on any atom is 0.144 e. The van der Waals surface area contributed by atoms with E-state index >= 15 is 0 Å². The molecule has 0 saturated heterocycles. The van der Waals surface area contributed by atoms with Gasteiger partial charge in [-0.2, -0.15) is 5.26 Å². The van der Waals surface area contributed by atoms with Crippen LogP contribution in [0.2, 0.25) is 0 Å². The molecule has 0 aliphatic carbocycles. The van der Waals surface area contributed by atoms with Gasteiger partial charge in [-0.15, -0.1) is 0 Å². The molecule has 0 aromatic heterocycles. The predicted molar refractivity (Wildman–Crippen MR) is 67.7 cm³/mol. The summed E-state index contributed by atoms with van der Waals surface area (Å²) in [5.41, 5.74) is 0.484. The van der Waals surface area contributed by atoms with Gasteiger partial charge < -0.3 is 4.74 Å². The van der Waals surface area contributed by atoms with Gasteiger partial charge in [0.2, 0.25) is 0 Å². The van der Waals surface area contributed by atoms with Crippen LogP contribution in [0, 0.1) is 23.0 Å². The monoisotopic (exact) mass is 259 g/mol. The van der Waals surface area contributed by atoms with E-state index in [4.69, 9.17) is 10.00 Å². The van der Waals surface area contributed by atoms with Gasteiger partial charge in [0, 0.05) is 0 Å². The molecule has 0 radical (unpaired) electrons. The van der Waals surface area contributed by atoms with Crippen LogP contribution in [0.25, 0.3) is 11.1 Å². The van der Waals surface area contributed by atoms with Crippen molar-refractivity contribution in [1.29, 1.82) is 5.26 Å². The lowest BCUT2D eigenvalue weighted by Gasteiger charge is -2.06. The molecule has 0 unspecified atom stereocenters. The Bertz CT molecular complexity index is 607. The molecule has 2 rings (SSSR count). The highest BCUT2D eigenvalue weighted by Crippen LogP contribution is 2.26. The first-order valence-electron chi connectivity index (χ1n) is 5.78. The van der Waals surface area contributed by atoms with Crippen molar-refractivity contribution in [3.8, 4) is 22.9 Å². The van der Waals surface area contributed by atoms with Gasteiger partial charge in [0.15, 0.2) is 0 Å². The Hall–Kier alpha value is -2.41. The van der Waals surface area contributed by atoms with Crippen LogP contribution >= 0.6 is 0 Å². The average Bonchev–Trinajstić information content (AvgIpc) is 2.39. The number of benzene rings is 2. The molecular weight excluding hydrogens is 248 g/mol. The van der Waals surface area contributed by atoms with E-state index in [1.165, 1.54) is 6.07 Å². The molecular formula is C15H11F2NO. The van der Waals surface area contributed by atoms with Crippen LogP contribution in [0.5, 0.6) is 5.75 Å². The third-order valence-electron chi connectivity index (χ3n) is 2.65. The van der Waals surface area contributed by atoms with Crippen molar-refractivity contribution in [1.82, 2.24) is 0 Å². The Kier molecular flexibility index (Phi) is 3.76. The van der Waals surface area contributed by atoms with Crippen molar-refractivity contribution >= 4 is 0 Å². The summed E-state index contributed by atoms with van der Waals surface area (Å²) in [4.78, 5) is 0. The minimum absolute atomic E-state index is 0.386. The molecule has 0 atom stereocenters. The maximum absolute atomic E-state index is 13.5. The minimum atomic E-state index is -0.855. The lowest BCUT2D eigenvalue weighted by molar-refractivity contribution is 0.340. The first kappa shape index (κ1) is 13.0. The molecule has 0 bridgehead atoms. The fourth-order valence-corrected chi connectivity index (χ4v) is 1.76. The molecule has 2 aromatic carbocycles. The van der Waals surface area contributed by atoms with Crippen molar-refractivity contribution < 1.29 is 13.5 Å². The lowest BCUT2D eigenvalue weighted by atomic mass is 10.0. The molecule has 96 valence electrons. The first-order valence-corrected chi connectivity index (χ1v) is 5.78. The van der Waals surface area contributed by atoms with Crippen LogP contribution in [0.15, 0.2) is 36.4 Å². The molecule has 0 N–H and O–H groups in total. The largest absolute Gasteiger partial charge is 0.494 e. The van der Waals surface area contributed by atoms with Crippen molar-refractivity contribution in [3.05, 3.63) is 53.6 Å². The number of halogens is 2. The molecule has 0 aliphatic heterocycles. The zero-order valence-electron chi connectivity index (χ0n) is 10.3. The molecule has 0 aliphatic rings. The molecule has 19 heavy (non-hydrogen) atoms. The van der Waals surface area contributed by atoms with Crippen molar-refractivity contribution in [2.24, 2.45) is 0 Å². The summed E-state index contributed by atoms with van der Waals surface area (Å²) in [5, 5.41) is 8.61. The standard InChI is InChI=1S/C15H11F2NO/c1-2-19-12-5-3-10(4-6-12)11-7-14(16)13(9-18)15(17)8-11/h3-8H,2H2,1H3. The fourth-order valence-electron chi connectivity index (χ4n) is 1.76. The van der Waals surface area contributed by atoms with Gasteiger partial charge in [-0.1, -0.05) is 12.1 Å². The Morgan fingerprint density at radius 3 is 2.11 bits per heavy atom. The highest BCUT2D eigenvalue weighted by molar-refractivity contribution is 5.65. The van der Waals surface area contributed by atoms with Gasteiger partial charge in [-0.05, 0) is 42.3 Å². The zero-order valence-corrected chi connectivity index (χ0v) is 10.3. The highest BCUT2D eigenvalue weighted by atomic mass is 19.1. The normalized spacial score (nSPS) is 10.0. The second kappa shape index (κ2) is 5.49. The van der Waals surface area contributed by atoms with Crippen LogP contribution in [-0.4, -0.2) is 6.61 Å². The Morgan fingerprint density at radius 2 is 1.63 bits per heavy atom. The SMILES string of the molecule is CCOc1ccc(-c2cc(F)c(C#N)c(F)c2)cc1. The quantitative estimate of drug-likeness (QED) is 0.837. The number of hydrogen-bond acceptors (Lipinski definition) is 2.